The first-order valence-corrected chi connectivity index (χ1v) is 15.0. The summed E-state index contributed by atoms with van der Waals surface area (Å²) in [5, 5.41) is 0. The monoisotopic (exact) mass is 508 g/mol. The van der Waals surface area contributed by atoms with Gasteiger partial charge in [0.25, 0.3) is 0 Å². The number of carbonyl (C=O) groups is 1. The van der Waals surface area contributed by atoms with Crippen LogP contribution in [0.2, 0.25) is 0 Å². The van der Waals surface area contributed by atoms with Crippen molar-refractivity contribution in [2.24, 2.45) is 28.6 Å². The van der Waals surface area contributed by atoms with Crippen molar-refractivity contribution >= 4 is 15.9 Å². The zero-order chi connectivity index (χ0) is 25.7. The lowest BCUT2D eigenvalue weighted by atomic mass is 9.69. The van der Waals surface area contributed by atoms with Gasteiger partial charge < -0.3 is 0 Å². The Morgan fingerprint density at radius 1 is 1.00 bits per heavy atom. The van der Waals surface area contributed by atoms with E-state index in [1.54, 1.807) is 0 Å². The molecule has 1 spiro atoms. The summed E-state index contributed by atoms with van der Waals surface area (Å²) >= 11 is 0. The minimum atomic E-state index is -3.63. The largest absolute Gasteiger partial charge is 0.294 e. The molecule has 0 unspecified atom stereocenters. The van der Waals surface area contributed by atoms with Crippen molar-refractivity contribution in [1.82, 2.24) is 9.21 Å². The molecule has 1 aliphatic heterocycles. The number of rotatable bonds is 8. The molecule has 2 aromatic carbocycles. The highest BCUT2D eigenvalue weighted by Crippen LogP contribution is 2.70. The molecule has 1 saturated heterocycles. The van der Waals surface area contributed by atoms with Crippen molar-refractivity contribution < 1.29 is 13.2 Å². The summed E-state index contributed by atoms with van der Waals surface area (Å²) in [6, 6.07) is 20.4. The predicted molar refractivity (Wildman–Crippen MR) is 143 cm³/mol. The number of fused-ring (bicyclic) bond motifs is 1. The lowest BCUT2D eigenvalue weighted by Crippen LogP contribution is -2.49. The van der Waals surface area contributed by atoms with E-state index in [1.807, 2.05) is 36.4 Å². The third kappa shape index (κ3) is 4.20. The van der Waals surface area contributed by atoms with Crippen LogP contribution in [-0.2, 0) is 27.9 Å². The molecular formula is C30H40N2O3S. The summed E-state index contributed by atoms with van der Waals surface area (Å²) < 4.78 is 28.5. The maximum absolute atomic E-state index is 14.2. The Morgan fingerprint density at radius 3 is 2.06 bits per heavy atom. The molecule has 5 nitrogen and oxygen atoms in total. The van der Waals surface area contributed by atoms with Gasteiger partial charge in [0.2, 0.25) is 15.9 Å². The first-order chi connectivity index (χ1) is 17.0. The van der Waals surface area contributed by atoms with Gasteiger partial charge in [0.15, 0.2) is 0 Å². The van der Waals surface area contributed by atoms with Crippen LogP contribution in [0.3, 0.4) is 0 Å². The number of benzene rings is 2. The molecule has 2 aliphatic carbocycles. The molecule has 6 heteroatoms. The quantitative estimate of drug-likeness (QED) is 0.484. The van der Waals surface area contributed by atoms with Crippen molar-refractivity contribution in [1.29, 1.82) is 0 Å². The molecule has 0 N–H and O–H groups in total. The molecule has 2 bridgehead atoms. The van der Waals surface area contributed by atoms with Crippen LogP contribution in [0.5, 0.6) is 0 Å². The first kappa shape index (κ1) is 25.5. The second kappa shape index (κ2) is 9.29. The van der Waals surface area contributed by atoms with Gasteiger partial charge in [-0.2, -0.15) is 0 Å². The van der Waals surface area contributed by atoms with E-state index in [4.69, 9.17) is 0 Å². The van der Waals surface area contributed by atoms with E-state index >= 15 is 0 Å². The topological polar surface area (TPSA) is 57.7 Å². The third-order valence-electron chi connectivity index (χ3n) is 9.70. The number of hydrogen-bond acceptors (Lipinski definition) is 4. The van der Waals surface area contributed by atoms with Crippen molar-refractivity contribution in [3.8, 4) is 0 Å². The lowest BCUT2D eigenvalue weighted by Gasteiger charge is -2.38. The highest BCUT2D eigenvalue weighted by atomic mass is 32.2. The van der Waals surface area contributed by atoms with Crippen molar-refractivity contribution in [2.75, 3.05) is 12.3 Å². The fraction of sp³-hybridized carbons (Fsp3) is 0.567. The zero-order valence-electron chi connectivity index (χ0n) is 22.1. The molecule has 0 radical (unpaired) electrons. The number of nitrogens with zero attached hydrogens (tertiary/aromatic N) is 2. The van der Waals surface area contributed by atoms with Crippen LogP contribution in [0.1, 0.15) is 58.1 Å². The fourth-order valence-corrected chi connectivity index (χ4v) is 10.0. The molecule has 2 aromatic rings. The van der Waals surface area contributed by atoms with E-state index in [0.717, 1.165) is 19.3 Å². The summed E-state index contributed by atoms with van der Waals surface area (Å²) in [5.41, 5.74) is 2.04. The molecule has 2 saturated carbocycles. The van der Waals surface area contributed by atoms with Gasteiger partial charge in [-0.15, -0.1) is 0 Å². The normalized spacial score (nSPS) is 28.6. The smallest absolute Gasteiger partial charge is 0.240 e. The Balaban J connectivity index is 1.43. The van der Waals surface area contributed by atoms with Gasteiger partial charge in [0.1, 0.15) is 0 Å². The molecule has 0 aromatic heterocycles. The Morgan fingerprint density at radius 2 is 1.56 bits per heavy atom. The van der Waals surface area contributed by atoms with Gasteiger partial charge in [0, 0.05) is 25.0 Å². The summed E-state index contributed by atoms with van der Waals surface area (Å²) in [6.45, 7) is 10.5. The van der Waals surface area contributed by atoms with Crippen LogP contribution in [-0.4, -0.2) is 41.9 Å². The van der Waals surface area contributed by atoms with Crippen molar-refractivity contribution in [3.63, 3.8) is 0 Å². The van der Waals surface area contributed by atoms with E-state index in [0.29, 0.717) is 25.6 Å². The summed E-state index contributed by atoms with van der Waals surface area (Å²) in [5.74, 6) is 0.0805. The number of amides is 1. The minimum absolute atomic E-state index is 0.0323. The standard InChI is InChI=1S/C30H40N2O3S/c1-22(2)26(20-31(18-23-11-7-5-8-12-23)19-24-13-9-6-10-14-24)28(33)32-27-17-25-15-16-30(27,29(25,3)4)21-36(32,34)35/h5-14,22,25-27H,15-21H2,1-4H3/t25-,26-,27-,30-/m0/s1. The van der Waals surface area contributed by atoms with Gasteiger partial charge in [-0.1, -0.05) is 88.4 Å². The van der Waals surface area contributed by atoms with Crippen LogP contribution < -0.4 is 0 Å². The molecule has 5 rings (SSSR count). The van der Waals surface area contributed by atoms with Gasteiger partial charge in [0.05, 0.1) is 17.7 Å². The maximum atomic E-state index is 14.2. The van der Waals surface area contributed by atoms with Crippen LogP contribution in [0.15, 0.2) is 60.7 Å². The molecular weight excluding hydrogens is 468 g/mol. The molecule has 36 heavy (non-hydrogen) atoms. The Bertz CT molecular complexity index is 1150. The second-order valence-corrected chi connectivity index (χ2v) is 14.1. The SMILES string of the molecule is CC(C)[C@H](CN(Cc1ccccc1)Cc1ccccc1)C(=O)N1[C@H]2C[C@@H]3CC[C@@]2(CS1(=O)=O)C3(C)C. The van der Waals surface area contributed by atoms with Crippen LogP contribution in [0.4, 0.5) is 0 Å². The molecule has 3 aliphatic rings. The maximum Gasteiger partial charge on any atom is 0.240 e. The molecule has 4 atom stereocenters. The van der Waals surface area contributed by atoms with Crippen LogP contribution in [0, 0.1) is 28.6 Å². The van der Waals surface area contributed by atoms with Gasteiger partial charge in [-0.05, 0) is 47.6 Å². The van der Waals surface area contributed by atoms with Gasteiger partial charge in [-0.3, -0.25) is 9.69 Å². The number of carbonyl (C=O) groups excluding carboxylic acids is 1. The average molecular weight is 509 g/mol. The zero-order valence-corrected chi connectivity index (χ0v) is 22.9. The molecule has 1 heterocycles. The lowest BCUT2D eigenvalue weighted by molar-refractivity contribution is -0.135. The Hall–Kier alpha value is -2.18. The molecule has 194 valence electrons. The second-order valence-electron chi connectivity index (χ2n) is 12.2. The molecule has 1 amide bonds. The Labute approximate surface area is 216 Å². The van der Waals surface area contributed by atoms with Crippen LogP contribution in [0.25, 0.3) is 0 Å². The van der Waals surface area contributed by atoms with Crippen LogP contribution >= 0.6 is 0 Å². The summed E-state index contributed by atoms with van der Waals surface area (Å²) in [4.78, 5) is 16.5. The van der Waals surface area contributed by atoms with E-state index < -0.39 is 10.0 Å². The molecule has 3 fully saturated rings. The Kier molecular flexibility index (Phi) is 6.57. The summed E-state index contributed by atoms with van der Waals surface area (Å²) in [7, 11) is -3.63. The van der Waals surface area contributed by atoms with E-state index in [9.17, 15) is 13.2 Å². The summed E-state index contributed by atoms with van der Waals surface area (Å²) in [6.07, 6.45) is 2.82. The van der Waals surface area contributed by atoms with Crippen molar-refractivity contribution in [3.05, 3.63) is 71.8 Å². The highest BCUT2D eigenvalue weighted by Gasteiger charge is 2.72. The van der Waals surface area contributed by atoms with Crippen molar-refractivity contribution in [2.45, 2.75) is 66.1 Å². The van der Waals surface area contributed by atoms with Gasteiger partial charge >= 0.3 is 0 Å². The number of hydrogen-bond donors (Lipinski definition) is 0. The predicted octanol–water partition coefficient (Wildman–Crippen LogP) is 5.33. The van der Waals surface area contributed by atoms with Gasteiger partial charge in [-0.25, -0.2) is 12.7 Å². The van der Waals surface area contributed by atoms with E-state index in [-0.39, 0.29) is 40.4 Å². The average Bonchev–Trinajstić information content (AvgIpc) is 3.31. The third-order valence-corrected chi connectivity index (χ3v) is 11.6. The number of sulfonamides is 1. The highest BCUT2D eigenvalue weighted by molar-refractivity contribution is 7.90. The minimum Gasteiger partial charge on any atom is -0.294 e. The van der Waals surface area contributed by atoms with E-state index in [2.05, 4.69) is 56.9 Å². The first-order valence-electron chi connectivity index (χ1n) is 13.4. The fourth-order valence-electron chi connectivity index (χ4n) is 7.46. The van der Waals surface area contributed by atoms with E-state index in [1.165, 1.54) is 15.4 Å².